The van der Waals surface area contributed by atoms with Gasteiger partial charge in [-0.05, 0) is 42.0 Å². The maximum Gasteiger partial charge on any atom is 0.307 e. The van der Waals surface area contributed by atoms with E-state index in [0.717, 1.165) is 5.56 Å². The predicted octanol–water partition coefficient (Wildman–Crippen LogP) is 1.28. The summed E-state index contributed by atoms with van der Waals surface area (Å²) in [6.07, 6.45) is 2.92. The van der Waals surface area contributed by atoms with E-state index in [0.29, 0.717) is 32.1 Å². The molecule has 1 saturated heterocycles. The normalized spacial score (nSPS) is 14.4. The second-order valence-corrected chi connectivity index (χ2v) is 5.53. The number of rotatable bonds is 6. The highest BCUT2D eigenvalue weighted by molar-refractivity contribution is 5.92. The van der Waals surface area contributed by atoms with Crippen molar-refractivity contribution in [1.29, 1.82) is 0 Å². The number of benzene rings is 1. The summed E-state index contributed by atoms with van der Waals surface area (Å²) in [4.78, 5) is 25.4. The molecule has 0 atom stereocenters. The molecule has 8 heteroatoms. The van der Waals surface area contributed by atoms with E-state index in [-0.39, 0.29) is 18.3 Å². The van der Waals surface area contributed by atoms with Gasteiger partial charge in [0.05, 0.1) is 25.7 Å². The van der Waals surface area contributed by atoms with E-state index in [1.54, 1.807) is 41.3 Å². The number of nitrogens with zero attached hydrogens (tertiary/aromatic N) is 2. The van der Waals surface area contributed by atoms with Gasteiger partial charge in [-0.2, -0.15) is 5.10 Å². The largest absolute Gasteiger partial charge is 0.484 e. The van der Waals surface area contributed by atoms with E-state index in [4.69, 9.17) is 13.9 Å². The Morgan fingerprint density at radius 1 is 1.19 bits per heavy atom. The van der Waals surface area contributed by atoms with Crippen LogP contribution in [0.1, 0.15) is 16.1 Å². The van der Waals surface area contributed by atoms with Crippen molar-refractivity contribution < 1.29 is 23.5 Å². The molecule has 1 fully saturated rings. The molecule has 3 rings (SSSR count). The molecule has 0 bridgehead atoms. The van der Waals surface area contributed by atoms with Crippen molar-refractivity contribution in [3.8, 4) is 5.75 Å². The van der Waals surface area contributed by atoms with Gasteiger partial charge in [0.15, 0.2) is 12.4 Å². The Labute approximate surface area is 150 Å². The first-order chi connectivity index (χ1) is 12.7. The van der Waals surface area contributed by atoms with Gasteiger partial charge in [-0.3, -0.25) is 9.59 Å². The number of carbonyl (C=O) groups is 2. The SMILES string of the molecule is O=C(NN=Cc1ccc(OCC(=O)N2CCOCC2)cc1)c1ccco1. The first-order valence-corrected chi connectivity index (χ1v) is 8.18. The first kappa shape index (κ1) is 17.7. The summed E-state index contributed by atoms with van der Waals surface area (Å²) in [7, 11) is 0. The monoisotopic (exact) mass is 357 g/mol. The van der Waals surface area contributed by atoms with Crippen LogP contribution in [0.5, 0.6) is 5.75 Å². The second kappa shape index (κ2) is 8.82. The van der Waals surface area contributed by atoms with E-state index < -0.39 is 5.91 Å². The number of nitrogens with one attached hydrogen (secondary N) is 1. The minimum Gasteiger partial charge on any atom is -0.484 e. The van der Waals surface area contributed by atoms with Gasteiger partial charge in [-0.1, -0.05) is 0 Å². The van der Waals surface area contributed by atoms with Crippen LogP contribution in [0, 0.1) is 0 Å². The Morgan fingerprint density at radius 2 is 1.96 bits per heavy atom. The fourth-order valence-electron chi connectivity index (χ4n) is 2.33. The minimum atomic E-state index is -0.423. The smallest absolute Gasteiger partial charge is 0.307 e. The molecule has 1 aromatic heterocycles. The van der Waals surface area contributed by atoms with Crippen molar-refractivity contribution in [1.82, 2.24) is 10.3 Å². The van der Waals surface area contributed by atoms with Crippen molar-refractivity contribution in [2.75, 3.05) is 32.9 Å². The average molecular weight is 357 g/mol. The fraction of sp³-hybridized carbons (Fsp3) is 0.278. The topological polar surface area (TPSA) is 93.4 Å². The summed E-state index contributed by atoms with van der Waals surface area (Å²) in [6, 6.07) is 10.2. The minimum absolute atomic E-state index is 0.00730. The van der Waals surface area contributed by atoms with Gasteiger partial charge in [0.2, 0.25) is 0 Å². The summed E-state index contributed by atoms with van der Waals surface area (Å²) in [5.74, 6) is 0.298. The fourth-order valence-corrected chi connectivity index (χ4v) is 2.33. The Kier molecular flexibility index (Phi) is 6.00. The number of hydrogen-bond acceptors (Lipinski definition) is 6. The molecule has 1 N–H and O–H groups in total. The third-order valence-corrected chi connectivity index (χ3v) is 3.73. The van der Waals surface area contributed by atoms with Crippen LogP contribution in [0.3, 0.4) is 0 Å². The van der Waals surface area contributed by atoms with E-state index in [2.05, 4.69) is 10.5 Å². The molecule has 26 heavy (non-hydrogen) atoms. The van der Waals surface area contributed by atoms with Gasteiger partial charge in [0.25, 0.3) is 5.91 Å². The van der Waals surface area contributed by atoms with Crippen molar-refractivity contribution in [2.45, 2.75) is 0 Å². The third kappa shape index (κ3) is 4.93. The lowest BCUT2D eigenvalue weighted by molar-refractivity contribution is -0.137. The lowest BCUT2D eigenvalue weighted by atomic mass is 10.2. The van der Waals surface area contributed by atoms with Crippen molar-refractivity contribution >= 4 is 18.0 Å². The molecule has 0 saturated carbocycles. The molecule has 2 amide bonds. The van der Waals surface area contributed by atoms with E-state index in [1.165, 1.54) is 12.5 Å². The van der Waals surface area contributed by atoms with Crippen LogP contribution in [0.25, 0.3) is 0 Å². The van der Waals surface area contributed by atoms with Crippen LogP contribution in [-0.2, 0) is 9.53 Å². The van der Waals surface area contributed by atoms with Crippen LogP contribution in [-0.4, -0.2) is 55.8 Å². The van der Waals surface area contributed by atoms with Crippen molar-refractivity contribution in [3.63, 3.8) is 0 Å². The molecular weight excluding hydrogens is 338 g/mol. The number of carbonyl (C=O) groups excluding carboxylic acids is 2. The third-order valence-electron chi connectivity index (χ3n) is 3.73. The molecule has 0 aliphatic carbocycles. The lowest BCUT2D eigenvalue weighted by Crippen LogP contribution is -2.42. The van der Waals surface area contributed by atoms with Gasteiger partial charge in [0.1, 0.15) is 5.75 Å². The van der Waals surface area contributed by atoms with Crippen molar-refractivity contribution in [2.24, 2.45) is 5.10 Å². The molecule has 8 nitrogen and oxygen atoms in total. The first-order valence-electron chi connectivity index (χ1n) is 8.18. The summed E-state index contributed by atoms with van der Waals surface area (Å²) >= 11 is 0. The Bertz CT molecular complexity index is 750. The number of hydrazone groups is 1. The molecule has 0 spiro atoms. The van der Waals surface area contributed by atoms with Crippen LogP contribution in [0.4, 0.5) is 0 Å². The Balaban J connectivity index is 1.45. The van der Waals surface area contributed by atoms with Crippen LogP contribution in [0.2, 0.25) is 0 Å². The molecule has 2 aromatic rings. The van der Waals surface area contributed by atoms with Crippen LogP contribution in [0.15, 0.2) is 52.2 Å². The van der Waals surface area contributed by atoms with E-state index >= 15 is 0 Å². The van der Waals surface area contributed by atoms with E-state index in [9.17, 15) is 9.59 Å². The summed E-state index contributed by atoms with van der Waals surface area (Å²) in [6.45, 7) is 2.32. The number of furan rings is 1. The summed E-state index contributed by atoms with van der Waals surface area (Å²) in [5.41, 5.74) is 3.14. The van der Waals surface area contributed by atoms with Gasteiger partial charge in [-0.15, -0.1) is 0 Å². The molecule has 0 unspecified atom stereocenters. The number of amides is 2. The molecule has 2 heterocycles. The maximum atomic E-state index is 12.0. The molecular formula is C18H19N3O5. The van der Waals surface area contributed by atoms with E-state index in [1.807, 2.05) is 0 Å². The molecule has 1 aliphatic heterocycles. The van der Waals surface area contributed by atoms with Gasteiger partial charge in [0, 0.05) is 13.1 Å². The molecule has 136 valence electrons. The maximum absolute atomic E-state index is 12.0. The number of morpholine rings is 1. The highest BCUT2D eigenvalue weighted by atomic mass is 16.5. The highest BCUT2D eigenvalue weighted by Crippen LogP contribution is 2.11. The standard InChI is InChI=1S/C18H19N3O5/c22-17(21-7-10-24-11-8-21)13-26-15-5-3-14(4-6-15)12-19-20-18(23)16-2-1-9-25-16/h1-6,9,12H,7-8,10-11,13H2,(H,20,23). The molecule has 1 aromatic carbocycles. The zero-order chi connectivity index (χ0) is 18.2. The highest BCUT2D eigenvalue weighted by Gasteiger charge is 2.17. The zero-order valence-corrected chi connectivity index (χ0v) is 14.1. The number of ether oxygens (including phenoxy) is 2. The average Bonchev–Trinajstić information content (AvgIpc) is 3.23. The Morgan fingerprint density at radius 3 is 2.65 bits per heavy atom. The lowest BCUT2D eigenvalue weighted by Gasteiger charge is -2.26. The van der Waals surface area contributed by atoms with Crippen LogP contribution >= 0.6 is 0 Å². The Hall–Kier alpha value is -3.13. The van der Waals surface area contributed by atoms with Crippen molar-refractivity contribution in [3.05, 3.63) is 54.0 Å². The zero-order valence-electron chi connectivity index (χ0n) is 14.1. The van der Waals surface area contributed by atoms with Gasteiger partial charge in [-0.25, -0.2) is 5.43 Å². The number of hydrogen-bond donors (Lipinski definition) is 1. The predicted molar refractivity (Wildman–Crippen MR) is 93.1 cm³/mol. The molecule has 0 radical (unpaired) electrons. The van der Waals surface area contributed by atoms with Gasteiger partial charge < -0.3 is 18.8 Å². The van der Waals surface area contributed by atoms with Gasteiger partial charge >= 0.3 is 5.91 Å². The second-order valence-electron chi connectivity index (χ2n) is 5.53. The summed E-state index contributed by atoms with van der Waals surface area (Å²) in [5, 5.41) is 3.86. The summed E-state index contributed by atoms with van der Waals surface area (Å²) < 4.78 is 15.7. The van der Waals surface area contributed by atoms with Crippen LogP contribution < -0.4 is 10.2 Å². The molecule has 1 aliphatic rings. The quantitative estimate of drug-likeness (QED) is 0.621.